The van der Waals surface area contributed by atoms with E-state index in [0.717, 1.165) is 47.0 Å². The van der Waals surface area contributed by atoms with Crippen LogP contribution in [0.25, 0.3) is 10.2 Å². The topological polar surface area (TPSA) is 159 Å². The minimum absolute atomic E-state index is 0.0262. The van der Waals surface area contributed by atoms with Crippen molar-refractivity contribution in [1.82, 2.24) is 4.98 Å². The number of rotatable bonds is 6. The molecule has 43 heavy (non-hydrogen) atoms. The SMILES string of the molecule is N=C(N)c1ccc(OC(=O)c2ccc3nc(N4CCC(C(=O)Nc5ccccc5)CC4)sc3c2)cc1.O=C(O)C(F)(F)F. The molecule has 0 bridgehead atoms. The molecule has 10 nitrogen and oxygen atoms in total. The van der Waals surface area contributed by atoms with Crippen LogP contribution in [0.1, 0.15) is 28.8 Å². The van der Waals surface area contributed by atoms with Crippen molar-refractivity contribution in [2.24, 2.45) is 11.7 Å². The summed E-state index contributed by atoms with van der Waals surface area (Å²) >= 11 is 1.53. The molecule has 1 amide bonds. The highest BCUT2D eigenvalue weighted by molar-refractivity contribution is 7.22. The number of halogens is 3. The van der Waals surface area contributed by atoms with E-state index in [0.29, 0.717) is 16.9 Å². The number of nitrogens with two attached hydrogens (primary N) is 1. The second-order valence-electron chi connectivity index (χ2n) is 9.43. The molecule has 224 valence electrons. The summed E-state index contributed by atoms with van der Waals surface area (Å²) in [6, 6.07) is 21.3. The monoisotopic (exact) mass is 613 g/mol. The summed E-state index contributed by atoms with van der Waals surface area (Å²) in [5, 5.41) is 18.5. The van der Waals surface area contributed by atoms with Gasteiger partial charge in [0, 0.05) is 30.3 Å². The van der Waals surface area contributed by atoms with Gasteiger partial charge in [-0.1, -0.05) is 29.5 Å². The predicted octanol–water partition coefficient (Wildman–Crippen LogP) is 5.29. The predicted molar refractivity (Wildman–Crippen MR) is 156 cm³/mol. The third-order valence-electron chi connectivity index (χ3n) is 6.41. The van der Waals surface area contributed by atoms with E-state index >= 15 is 0 Å². The number of nitrogens with zero attached hydrogens (tertiary/aromatic N) is 2. The number of anilines is 2. The fraction of sp³-hybridized carbons (Fsp3) is 0.207. The highest BCUT2D eigenvalue weighted by atomic mass is 32.1. The van der Waals surface area contributed by atoms with Gasteiger partial charge in [-0.05, 0) is 67.4 Å². The van der Waals surface area contributed by atoms with Crippen LogP contribution < -0.4 is 20.7 Å². The second-order valence-corrected chi connectivity index (χ2v) is 10.4. The number of piperidine rings is 1. The molecule has 1 aliphatic rings. The van der Waals surface area contributed by atoms with Crippen LogP contribution in [-0.4, -0.2) is 53.0 Å². The van der Waals surface area contributed by atoms with Gasteiger partial charge in [0.15, 0.2) is 5.13 Å². The maximum atomic E-state index is 12.7. The number of amidine groups is 1. The number of hydrogen-bond donors (Lipinski definition) is 4. The normalized spacial score (nSPS) is 13.5. The number of thiazole rings is 1. The first-order chi connectivity index (χ1) is 20.4. The number of carbonyl (C=O) groups is 3. The van der Waals surface area contributed by atoms with Gasteiger partial charge in [-0.15, -0.1) is 0 Å². The third-order valence-corrected chi connectivity index (χ3v) is 7.49. The number of nitrogen functional groups attached to an aromatic ring is 1. The molecule has 0 saturated carbocycles. The maximum Gasteiger partial charge on any atom is 0.490 e. The van der Waals surface area contributed by atoms with E-state index < -0.39 is 18.1 Å². The van der Waals surface area contributed by atoms with Gasteiger partial charge in [0.25, 0.3) is 0 Å². The van der Waals surface area contributed by atoms with Gasteiger partial charge in [0.05, 0.1) is 15.8 Å². The Bertz CT molecular complexity index is 1620. The molecule has 3 aromatic carbocycles. The molecule has 2 heterocycles. The molecule has 1 aromatic heterocycles. The molecule has 0 unspecified atom stereocenters. The molecule has 0 spiro atoms. The number of carbonyl (C=O) groups excluding carboxylic acids is 2. The van der Waals surface area contributed by atoms with Crippen molar-refractivity contribution < 1.29 is 37.4 Å². The largest absolute Gasteiger partial charge is 0.490 e. The van der Waals surface area contributed by atoms with Crippen LogP contribution in [0.3, 0.4) is 0 Å². The van der Waals surface area contributed by atoms with Crippen molar-refractivity contribution in [2.45, 2.75) is 19.0 Å². The fourth-order valence-electron chi connectivity index (χ4n) is 4.14. The molecule has 0 aliphatic carbocycles. The van der Waals surface area contributed by atoms with Crippen molar-refractivity contribution in [3.8, 4) is 5.75 Å². The van der Waals surface area contributed by atoms with Crippen molar-refractivity contribution >= 4 is 56.1 Å². The maximum absolute atomic E-state index is 12.7. The van der Waals surface area contributed by atoms with E-state index in [4.69, 9.17) is 30.8 Å². The van der Waals surface area contributed by atoms with Crippen molar-refractivity contribution in [1.29, 1.82) is 5.41 Å². The van der Waals surface area contributed by atoms with E-state index in [-0.39, 0.29) is 17.7 Å². The number of carboxylic acid groups (broad SMARTS) is 1. The Morgan fingerprint density at radius 1 is 1.00 bits per heavy atom. The molecule has 14 heteroatoms. The number of ether oxygens (including phenoxy) is 1. The van der Waals surface area contributed by atoms with E-state index in [1.165, 1.54) is 11.3 Å². The standard InChI is InChI=1S/C27H25N5O3S.C2HF3O2/c28-24(29)17-6-9-21(10-7-17)35-26(34)19-8-11-22-23(16-19)36-27(31-22)32-14-12-18(13-15-32)25(33)30-20-4-2-1-3-5-20;3-2(4,5)1(6)7/h1-11,16,18H,12-15H2,(H3,28,29)(H,30,33);(H,6,7). The zero-order chi connectivity index (χ0) is 31.1. The van der Waals surface area contributed by atoms with Crippen LogP contribution >= 0.6 is 11.3 Å². The van der Waals surface area contributed by atoms with Gasteiger partial charge in [0.2, 0.25) is 5.91 Å². The Balaban J connectivity index is 0.000000541. The highest BCUT2D eigenvalue weighted by Gasteiger charge is 2.38. The van der Waals surface area contributed by atoms with E-state index in [1.807, 2.05) is 36.4 Å². The van der Waals surface area contributed by atoms with Crippen LogP contribution in [0.5, 0.6) is 5.75 Å². The first-order valence-corrected chi connectivity index (χ1v) is 13.7. The lowest BCUT2D eigenvalue weighted by Crippen LogP contribution is -2.38. The highest BCUT2D eigenvalue weighted by Crippen LogP contribution is 2.32. The number of nitrogens with one attached hydrogen (secondary N) is 2. The molecule has 0 radical (unpaired) electrons. The lowest BCUT2D eigenvalue weighted by molar-refractivity contribution is -0.192. The molecule has 1 aliphatic heterocycles. The Hall–Kier alpha value is -4.98. The van der Waals surface area contributed by atoms with Crippen LogP contribution in [0, 0.1) is 11.3 Å². The van der Waals surface area contributed by atoms with Gasteiger partial charge < -0.3 is 25.8 Å². The van der Waals surface area contributed by atoms with Crippen LogP contribution in [0.15, 0.2) is 72.8 Å². The summed E-state index contributed by atoms with van der Waals surface area (Å²) in [5.74, 6) is -2.85. The molecule has 5 rings (SSSR count). The van der Waals surface area contributed by atoms with E-state index in [2.05, 4.69) is 10.2 Å². The Labute approximate surface area is 247 Å². The second kappa shape index (κ2) is 13.3. The summed E-state index contributed by atoms with van der Waals surface area (Å²) in [5.41, 5.74) is 8.10. The Kier molecular flexibility index (Phi) is 9.60. The average molecular weight is 614 g/mol. The van der Waals surface area contributed by atoms with E-state index in [9.17, 15) is 22.8 Å². The van der Waals surface area contributed by atoms with Gasteiger partial charge in [-0.2, -0.15) is 13.2 Å². The molecule has 1 saturated heterocycles. The zero-order valence-corrected chi connectivity index (χ0v) is 23.2. The first-order valence-electron chi connectivity index (χ1n) is 12.9. The van der Waals surface area contributed by atoms with Crippen LogP contribution in [-0.2, 0) is 9.59 Å². The number of alkyl halides is 3. The van der Waals surface area contributed by atoms with Crippen molar-refractivity contribution in [3.63, 3.8) is 0 Å². The molecule has 1 fully saturated rings. The molecule has 0 atom stereocenters. The number of esters is 1. The molecular formula is C29H26F3N5O5S. The number of benzene rings is 3. The first kappa shape index (κ1) is 31.0. The summed E-state index contributed by atoms with van der Waals surface area (Å²) in [7, 11) is 0. The molecule has 4 aromatic rings. The van der Waals surface area contributed by atoms with Crippen molar-refractivity contribution in [2.75, 3.05) is 23.3 Å². The number of fused-ring (bicyclic) bond motifs is 1. The van der Waals surface area contributed by atoms with Crippen LogP contribution in [0.2, 0.25) is 0 Å². The van der Waals surface area contributed by atoms with Crippen molar-refractivity contribution in [3.05, 3.63) is 83.9 Å². The Morgan fingerprint density at radius 3 is 2.19 bits per heavy atom. The number of aromatic nitrogens is 1. The van der Waals surface area contributed by atoms with Gasteiger partial charge in [-0.25, -0.2) is 14.6 Å². The summed E-state index contributed by atoms with van der Waals surface area (Å²) in [4.78, 5) is 41.1. The smallest absolute Gasteiger partial charge is 0.475 e. The van der Waals surface area contributed by atoms with Gasteiger partial charge in [0.1, 0.15) is 11.6 Å². The lowest BCUT2D eigenvalue weighted by Gasteiger charge is -2.31. The third kappa shape index (κ3) is 8.29. The number of aliphatic carboxylic acids is 1. The average Bonchev–Trinajstić information content (AvgIpc) is 3.41. The molecule has 5 N–H and O–H groups in total. The summed E-state index contributed by atoms with van der Waals surface area (Å²) < 4.78 is 38.1. The van der Waals surface area contributed by atoms with Crippen LogP contribution in [0.4, 0.5) is 24.0 Å². The summed E-state index contributed by atoms with van der Waals surface area (Å²) in [6.45, 7) is 1.50. The zero-order valence-electron chi connectivity index (χ0n) is 22.4. The Morgan fingerprint density at radius 2 is 1.60 bits per heavy atom. The van der Waals surface area contributed by atoms with Gasteiger partial charge >= 0.3 is 18.1 Å². The number of hydrogen-bond acceptors (Lipinski definition) is 8. The van der Waals surface area contributed by atoms with E-state index in [1.54, 1.807) is 36.4 Å². The summed E-state index contributed by atoms with van der Waals surface area (Å²) in [6.07, 6.45) is -3.57. The molecular weight excluding hydrogens is 587 g/mol. The minimum atomic E-state index is -5.08. The van der Waals surface area contributed by atoms with Gasteiger partial charge in [-0.3, -0.25) is 10.2 Å². The number of amides is 1. The minimum Gasteiger partial charge on any atom is -0.475 e. The lowest BCUT2D eigenvalue weighted by atomic mass is 9.96. The number of para-hydroxylation sites is 1. The fourth-order valence-corrected chi connectivity index (χ4v) is 5.20. The quantitative estimate of drug-likeness (QED) is 0.0989. The number of carboxylic acids is 1.